The Morgan fingerprint density at radius 2 is 1.10 bits per heavy atom. The van der Waals surface area contributed by atoms with E-state index in [-0.39, 0.29) is 17.3 Å². The molecule has 2 aliphatic carbocycles. The fraction of sp³-hybridized carbons (Fsp3) is 0.270. The Morgan fingerprint density at radius 3 is 1.76 bits per heavy atom. The molecule has 0 saturated carbocycles. The van der Waals surface area contributed by atoms with Crippen molar-refractivity contribution in [2.75, 3.05) is 0 Å². The highest BCUT2D eigenvalue weighted by atomic mass is 14.5. The standard InChI is InChI=1S/C63H64/c1-38(2)47-28-17-18-30-51(47)59-58-54(37-53(46-24-13-12-14-25-46)62(59)63(11)34-20-19-23-44(63)10)57(52-33-21-27-45-26-15-16-29-50(45)52)61(60(58)55-42(8)35-41(7)36-43(55)9)56-48(39(3)4)31-22-32-49(56)40(5)6/h12-40,44,57H,1-11H3. The zero-order valence-electron chi connectivity index (χ0n) is 39.4. The van der Waals surface area contributed by atoms with E-state index >= 15 is 0 Å². The lowest BCUT2D eigenvalue weighted by molar-refractivity contribution is 0.459. The van der Waals surface area contributed by atoms with Crippen LogP contribution in [-0.4, -0.2) is 0 Å². The van der Waals surface area contributed by atoms with Crippen LogP contribution in [0.5, 0.6) is 0 Å². The molecule has 3 atom stereocenters. The summed E-state index contributed by atoms with van der Waals surface area (Å²) in [5.41, 5.74) is 24.4. The molecule has 0 N–H and O–H groups in total. The summed E-state index contributed by atoms with van der Waals surface area (Å²) >= 11 is 0. The number of allylic oxidation sites excluding steroid dienone is 5. The summed E-state index contributed by atoms with van der Waals surface area (Å²) in [7, 11) is 0. The summed E-state index contributed by atoms with van der Waals surface area (Å²) in [4.78, 5) is 0. The zero-order chi connectivity index (χ0) is 44.3. The van der Waals surface area contributed by atoms with E-state index in [2.05, 4.69) is 234 Å². The maximum Gasteiger partial charge on any atom is 0.0365 e. The van der Waals surface area contributed by atoms with Gasteiger partial charge in [0.2, 0.25) is 0 Å². The van der Waals surface area contributed by atoms with Crippen LogP contribution in [0.3, 0.4) is 0 Å². The summed E-state index contributed by atoms with van der Waals surface area (Å²) < 4.78 is 0. The average molecular weight is 821 g/mol. The van der Waals surface area contributed by atoms with E-state index in [1.807, 2.05) is 0 Å². The predicted molar refractivity (Wildman–Crippen MR) is 273 cm³/mol. The smallest absolute Gasteiger partial charge is 0.0365 e. The number of aryl methyl sites for hydroxylation is 3. The Hall–Kier alpha value is -5.98. The first-order valence-electron chi connectivity index (χ1n) is 23.5. The van der Waals surface area contributed by atoms with Gasteiger partial charge < -0.3 is 0 Å². The minimum Gasteiger partial charge on any atom is -0.0805 e. The molecule has 63 heavy (non-hydrogen) atoms. The first-order valence-corrected chi connectivity index (χ1v) is 23.5. The Bertz CT molecular complexity index is 2920. The highest BCUT2D eigenvalue weighted by Crippen LogP contribution is 2.62. The van der Waals surface area contributed by atoms with Crippen LogP contribution < -0.4 is 0 Å². The predicted octanol–water partition coefficient (Wildman–Crippen LogP) is 17.6. The van der Waals surface area contributed by atoms with Crippen molar-refractivity contribution in [1.29, 1.82) is 0 Å². The Labute approximate surface area is 378 Å². The van der Waals surface area contributed by atoms with Crippen molar-refractivity contribution in [1.82, 2.24) is 0 Å². The second kappa shape index (κ2) is 16.6. The molecule has 316 valence electrons. The van der Waals surface area contributed by atoms with Crippen molar-refractivity contribution in [2.45, 2.75) is 105 Å². The lowest BCUT2D eigenvalue weighted by Gasteiger charge is -2.39. The highest BCUT2D eigenvalue weighted by molar-refractivity contribution is 6.14. The van der Waals surface area contributed by atoms with Gasteiger partial charge in [0.05, 0.1) is 0 Å². The van der Waals surface area contributed by atoms with Crippen LogP contribution in [0.25, 0.3) is 44.2 Å². The van der Waals surface area contributed by atoms with E-state index < -0.39 is 0 Å². The molecule has 0 radical (unpaired) electrons. The van der Waals surface area contributed by atoms with Crippen molar-refractivity contribution in [3.05, 3.63) is 225 Å². The van der Waals surface area contributed by atoms with E-state index in [9.17, 15) is 0 Å². The van der Waals surface area contributed by atoms with Crippen molar-refractivity contribution < 1.29 is 0 Å². The third kappa shape index (κ3) is 7.07. The van der Waals surface area contributed by atoms with E-state index in [1.54, 1.807) is 0 Å². The Morgan fingerprint density at radius 1 is 0.508 bits per heavy atom. The SMILES string of the molecule is Cc1cc(C)c(C2=C(c3c(C(C)C)cccc3C(C)C)C(c3cccc4ccccc34)c3cc(-c4ccccc4)c(C4(C)C=CC=CC4C)c(-c4ccccc4C(C)C)c32)c(C)c1. The lowest BCUT2D eigenvalue weighted by Crippen LogP contribution is -2.30. The van der Waals surface area contributed by atoms with E-state index in [1.165, 1.54) is 111 Å². The molecule has 0 saturated heterocycles. The molecule has 7 aromatic carbocycles. The molecule has 0 spiro atoms. The van der Waals surface area contributed by atoms with Gasteiger partial charge in [-0.2, -0.15) is 0 Å². The molecule has 0 nitrogen and oxygen atoms in total. The molecule has 0 amide bonds. The average Bonchev–Trinajstić information content (AvgIpc) is 3.59. The van der Waals surface area contributed by atoms with Crippen LogP contribution >= 0.6 is 0 Å². The van der Waals surface area contributed by atoms with Crippen LogP contribution in [-0.2, 0) is 5.41 Å². The van der Waals surface area contributed by atoms with Gasteiger partial charge in [-0.05, 0) is 156 Å². The zero-order valence-corrected chi connectivity index (χ0v) is 39.4. The van der Waals surface area contributed by atoms with Crippen LogP contribution in [0.2, 0.25) is 0 Å². The highest BCUT2D eigenvalue weighted by Gasteiger charge is 2.44. The van der Waals surface area contributed by atoms with E-state index in [0.29, 0.717) is 17.8 Å². The number of hydrogen-bond donors (Lipinski definition) is 0. The Balaban J connectivity index is 1.64. The fourth-order valence-corrected chi connectivity index (χ4v) is 11.5. The quantitative estimate of drug-likeness (QED) is 0.136. The molecule has 0 aromatic heterocycles. The minimum atomic E-state index is -0.312. The van der Waals surface area contributed by atoms with E-state index in [4.69, 9.17) is 0 Å². The third-order valence-electron chi connectivity index (χ3n) is 14.6. The molecule has 0 bridgehead atoms. The lowest BCUT2D eigenvalue weighted by atomic mass is 9.64. The molecule has 3 unspecified atom stereocenters. The largest absolute Gasteiger partial charge is 0.0805 e. The topological polar surface area (TPSA) is 0 Å². The second-order valence-electron chi connectivity index (χ2n) is 19.7. The van der Waals surface area contributed by atoms with Crippen molar-refractivity contribution in [2.24, 2.45) is 5.92 Å². The van der Waals surface area contributed by atoms with Crippen molar-refractivity contribution in [3.8, 4) is 22.3 Å². The maximum atomic E-state index is 2.66. The fourth-order valence-electron chi connectivity index (χ4n) is 11.5. The van der Waals surface area contributed by atoms with E-state index in [0.717, 1.165) is 0 Å². The van der Waals surface area contributed by atoms with Crippen LogP contribution in [0.4, 0.5) is 0 Å². The van der Waals surface area contributed by atoms with Crippen LogP contribution in [0.1, 0.15) is 146 Å². The van der Waals surface area contributed by atoms with Gasteiger partial charge >= 0.3 is 0 Å². The molecule has 0 heteroatoms. The summed E-state index contributed by atoms with van der Waals surface area (Å²) in [5.74, 6) is 1.16. The molecular formula is C63H64. The number of benzene rings is 7. The molecule has 0 fully saturated rings. The van der Waals surface area contributed by atoms with Gasteiger partial charge in [-0.25, -0.2) is 0 Å². The summed E-state index contributed by atoms with van der Waals surface area (Å²) in [6.45, 7) is 26.2. The Kier molecular flexibility index (Phi) is 11.2. The summed E-state index contributed by atoms with van der Waals surface area (Å²) in [6, 6.07) is 51.4. The van der Waals surface area contributed by atoms with Gasteiger partial charge in [0, 0.05) is 11.3 Å². The maximum absolute atomic E-state index is 2.66. The van der Waals surface area contributed by atoms with Gasteiger partial charge in [0.15, 0.2) is 0 Å². The van der Waals surface area contributed by atoms with Crippen LogP contribution in [0.15, 0.2) is 158 Å². The van der Waals surface area contributed by atoms with Crippen molar-refractivity contribution in [3.63, 3.8) is 0 Å². The van der Waals surface area contributed by atoms with Gasteiger partial charge in [-0.3, -0.25) is 0 Å². The van der Waals surface area contributed by atoms with Crippen LogP contribution in [0, 0.1) is 26.7 Å². The van der Waals surface area contributed by atoms with Crippen molar-refractivity contribution >= 4 is 21.9 Å². The molecule has 2 aliphatic rings. The number of hydrogen-bond acceptors (Lipinski definition) is 0. The first-order chi connectivity index (χ1) is 30.3. The van der Waals surface area contributed by atoms with Gasteiger partial charge in [-0.15, -0.1) is 0 Å². The first kappa shape index (κ1) is 42.3. The molecule has 7 aromatic rings. The summed E-state index contributed by atoms with van der Waals surface area (Å²) in [6.07, 6.45) is 9.47. The number of fused-ring (bicyclic) bond motifs is 2. The molecular weight excluding hydrogens is 757 g/mol. The summed E-state index contributed by atoms with van der Waals surface area (Å²) in [5, 5.41) is 2.59. The third-order valence-corrected chi connectivity index (χ3v) is 14.6. The molecule has 9 rings (SSSR count). The normalized spacial score (nSPS) is 18.4. The number of rotatable bonds is 9. The van der Waals surface area contributed by atoms with Gasteiger partial charge in [-0.1, -0.05) is 213 Å². The molecule has 0 heterocycles. The minimum absolute atomic E-state index is 0.0490. The monoisotopic (exact) mass is 821 g/mol. The molecule has 0 aliphatic heterocycles. The van der Waals surface area contributed by atoms with Gasteiger partial charge in [0.25, 0.3) is 0 Å². The second-order valence-corrected chi connectivity index (χ2v) is 19.7. The van der Waals surface area contributed by atoms with Gasteiger partial charge in [0.1, 0.15) is 0 Å².